The predicted octanol–water partition coefficient (Wildman–Crippen LogP) is 3.14. The molecule has 0 fully saturated rings. The van der Waals surface area contributed by atoms with E-state index in [-0.39, 0.29) is 5.69 Å². The van der Waals surface area contributed by atoms with Gasteiger partial charge in [-0.25, -0.2) is 9.07 Å². The molecule has 0 aliphatic carbocycles. The van der Waals surface area contributed by atoms with Crippen molar-refractivity contribution >= 4 is 0 Å². The molecule has 0 unspecified atom stereocenters. The van der Waals surface area contributed by atoms with Crippen LogP contribution in [0.1, 0.15) is 18.2 Å². The first-order valence-corrected chi connectivity index (χ1v) is 6.05. The zero-order chi connectivity index (χ0) is 14.8. The second kappa shape index (κ2) is 5.62. The Morgan fingerprint density at radius 1 is 1.25 bits per heavy atom. The summed E-state index contributed by atoms with van der Waals surface area (Å²) in [4.78, 5) is 0. The van der Waals surface area contributed by atoms with Gasteiger partial charge in [0.05, 0.1) is 0 Å². The normalized spacial score (nSPS) is 11.8. The van der Waals surface area contributed by atoms with Crippen molar-refractivity contribution in [2.24, 2.45) is 0 Å². The van der Waals surface area contributed by atoms with Crippen molar-refractivity contribution in [1.29, 1.82) is 0 Å². The zero-order valence-electron chi connectivity index (χ0n) is 10.7. The number of alkyl halides is 3. The molecule has 7 heteroatoms. The van der Waals surface area contributed by atoms with Gasteiger partial charge in [0, 0.05) is 12.7 Å². The van der Waals surface area contributed by atoms with E-state index < -0.39 is 17.7 Å². The molecule has 1 aromatic carbocycles. The SMILES string of the molecule is CCNCc1cccc(F)c1-n1ccc(C(F)(F)F)n1. The van der Waals surface area contributed by atoms with Gasteiger partial charge >= 0.3 is 6.18 Å². The molecule has 1 aromatic heterocycles. The summed E-state index contributed by atoms with van der Waals surface area (Å²) in [5, 5.41) is 6.41. The Kier molecular flexibility index (Phi) is 4.08. The van der Waals surface area contributed by atoms with Gasteiger partial charge in [0.25, 0.3) is 0 Å². The van der Waals surface area contributed by atoms with Gasteiger partial charge in [-0.3, -0.25) is 0 Å². The largest absolute Gasteiger partial charge is 0.435 e. The lowest BCUT2D eigenvalue weighted by molar-refractivity contribution is -0.141. The highest BCUT2D eigenvalue weighted by atomic mass is 19.4. The van der Waals surface area contributed by atoms with Crippen LogP contribution in [0.2, 0.25) is 0 Å². The van der Waals surface area contributed by atoms with Crippen molar-refractivity contribution in [2.45, 2.75) is 19.6 Å². The second-order valence-corrected chi connectivity index (χ2v) is 4.17. The Balaban J connectivity index is 2.43. The maximum atomic E-state index is 13.9. The first-order chi connectivity index (χ1) is 9.43. The molecular weight excluding hydrogens is 274 g/mol. The minimum absolute atomic E-state index is 0.0314. The molecule has 0 saturated heterocycles. The number of nitrogens with one attached hydrogen (secondary N) is 1. The first-order valence-electron chi connectivity index (χ1n) is 6.05. The highest BCUT2D eigenvalue weighted by Gasteiger charge is 2.34. The predicted molar refractivity (Wildman–Crippen MR) is 65.9 cm³/mol. The molecule has 0 aliphatic heterocycles. The Morgan fingerprint density at radius 2 is 2.00 bits per heavy atom. The average molecular weight is 287 g/mol. The summed E-state index contributed by atoms with van der Waals surface area (Å²) in [7, 11) is 0. The Morgan fingerprint density at radius 3 is 2.60 bits per heavy atom. The fourth-order valence-corrected chi connectivity index (χ4v) is 1.82. The van der Waals surface area contributed by atoms with Crippen LogP contribution in [0.5, 0.6) is 0 Å². The van der Waals surface area contributed by atoms with Crippen LogP contribution in [0.3, 0.4) is 0 Å². The summed E-state index contributed by atoms with van der Waals surface area (Å²) in [6.45, 7) is 2.91. The lowest BCUT2D eigenvalue weighted by Gasteiger charge is -2.11. The first kappa shape index (κ1) is 14.5. The summed E-state index contributed by atoms with van der Waals surface area (Å²) in [6, 6.07) is 5.18. The van der Waals surface area contributed by atoms with E-state index >= 15 is 0 Å². The van der Waals surface area contributed by atoms with Gasteiger partial charge in [-0.05, 0) is 24.2 Å². The van der Waals surface area contributed by atoms with Gasteiger partial charge in [-0.2, -0.15) is 18.3 Å². The van der Waals surface area contributed by atoms with Gasteiger partial charge in [-0.1, -0.05) is 19.1 Å². The monoisotopic (exact) mass is 287 g/mol. The van der Waals surface area contributed by atoms with Gasteiger partial charge < -0.3 is 5.32 Å². The summed E-state index contributed by atoms with van der Waals surface area (Å²) < 4.78 is 52.4. The minimum atomic E-state index is -4.54. The molecule has 0 spiro atoms. The van der Waals surface area contributed by atoms with Crippen molar-refractivity contribution in [1.82, 2.24) is 15.1 Å². The van der Waals surface area contributed by atoms with Crippen LogP contribution in [0.25, 0.3) is 5.69 Å². The molecule has 0 aliphatic rings. The molecule has 1 N–H and O–H groups in total. The van der Waals surface area contributed by atoms with Gasteiger partial charge in [0.2, 0.25) is 0 Å². The Bertz CT molecular complexity index is 590. The smallest absolute Gasteiger partial charge is 0.313 e. The van der Waals surface area contributed by atoms with E-state index in [0.717, 1.165) is 16.9 Å². The molecule has 0 radical (unpaired) electrons. The van der Waals surface area contributed by atoms with Crippen molar-refractivity contribution < 1.29 is 17.6 Å². The fraction of sp³-hybridized carbons (Fsp3) is 0.308. The molecular formula is C13H13F4N3. The number of halogens is 4. The topological polar surface area (TPSA) is 29.9 Å². The van der Waals surface area contributed by atoms with E-state index in [2.05, 4.69) is 10.4 Å². The van der Waals surface area contributed by atoms with Crippen molar-refractivity contribution in [2.75, 3.05) is 6.54 Å². The maximum absolute atomic E-state index is 13.9. The highest BCUT2D eigenvalue weighted by Crippen LogP contribution is 2.28. The number of benzene rings is 1. The number of para-hydroxylation sites is 1. The standard InChI is InChI=1S/C13H13F4N3/c1-2-18-8-9-4-3-5-10(14)12(9)20-7-6-11(19-20)13(15,16)17/h3-7,18H,2,8H2,1H3. The molecule has 2 aromatic rings. The summed E-state index contributed by atoms with van der Waals surface area (Å²) in [6.07, 6.45) is -3.44. The number of aromatic nitrogens is 2. The number of hydrogen-bond donors (Lipinski definition) is 1. The molecule has 108 valence electrons. The van der Waals surface area contributed by atoms with Crippen LogP contribution in [0, 0.1) is 5.82 Å². The van der Waals surface area contributed by atoms with Crippen LogP contribution < -0.4 is 5.32 Å². The molecule has 1 heterocycles. The zero-order valence-corrected chi connectivity index (χ0v) is 10.7. The summed E-state index contributed by atoms with van der Waals surface area (Å²) >= 11 is 0. The lowest BCUT2D eigenvalue weighted by Crippen LogP contribution is -2.15. The third kappa shape index (κ3) is 2.98. The van der Waals surface area contributed by atoms with Crippen LogP contribution in [-0.4, -0.2) is 16.3 Å². The minimum Gasteiger partial charge on any atom is -0.313 e. The van der Waals surface area contributed by atoms with E-state index in [1.54, 1.807) is 6.07 Å². The third-order valence-electron chi connectivity index (χ3n) is 2.74. The van der Waals surface area contributed by atoms with Crippen molar-refractivity contribution in [3.8, 4) is 5.69 Å². The third-order valence-corrected chi connectivity index (χ3v) is 2.74. The van der Waals surface area contributed by atoms with Gasteiger partial charge in [0.1, 0.15) is 11.5 Å². The van der Waals surface area contributed by atoms with E-state index in [9.17, 15) is 17.6 Å². The quantitative estimate of drug-likeness (QED) is 0.876. The van der Waals surface area contributed by atoms with Gasteiger partial charge in [-0.15, -0.1) is 0 Å². The second-order valence-electron chi connectivity index (χ2n) is 4.17. The van der Waals surface area contributed by atoms with Crippen LogP contribution in [-0.2, 0) is 12.7 Å². The lowest BCUT2D eigenvalue weighted by atomic mass is 10.1. The van der Waals surface area contributed by atoms with E-state index in [0.29, 0.717) is 18.7 Å². The molecule has 20 heavy (non-hydrogen) atoms. The van der Waals surface area contributed by atoms with E-state index in [1.165, 1.54) is 12.1 Å². The van der Waals surface area contributed by atoms with Crippen LogP contribution in [0.4, 0.5) is 17.6 Å². The van der Waals surface area contributed by atoms with Crippen LogP contribution in [0.15, 0.2) is 30.5 Å². The highest BCUT2D eigenvalue weighted by molar-refractivity contribution is 5.42. The fourth-order valence-electron chi connectivity index (χ4n) is 1.82. The number of nitrogens with zero attached hydrogens (tertiary/aromatic N) is 2. The average Bonchev–Trinajstić information content (AvgIpc) is 2.85. The van der Waals surface area contributed by atoms with Crippen molar-refractivity contribution in [3.05, 3.63) is 47.5 Å². The molecule has 0 bridgehead atoms. The molecule has 0 atom stereocenters. The molecule has 3 nitrogen and oxygen atoms in total. The molecule has 0 amide bonds. The Labute approximate surface area is 113 Å². The number of hydrogen-bond acceptors (Lipinski definition) is 2. The van der Waals surface area contributed by atoms with Gasteiger partial charge in [0.15, 0.2) is 5.69 Å². The van der Waals surface area contributed by atoms with E-state index in [4.69, 9.17) is 0 Å². The maximum Gasteiger partial charge on any atom is 0.435 e. The summed E-state index contributed by atoms with van der Waals surface area (Å²) in [5.41, 5.74) is -0.470. The Hall–Kier alpha value is -1.89. The molecule has 0 saturated carbocycles. The van der Waals surface area contributed by atoms with Crippen LogP contribution >= 0.6 is 0 Å². The molecule has 2 rings (SSSR count). The summed E-state index contributed by atoms with van der Waals surface area (Å²) in [5.74, 6) is -0.614. The number of rotatable bonds is 4. The van der Waals surface area contributed by atoms with Crippen molar-refractivity contribution in [3.63, 3.8) is 0 Å². The van der Waals surface area contributed by atoms with E-state index in [1.807, 2.05) is 6.92 Å².